The molecule has 1 saturated heterocycles. The van der Waals surface area contributed by atoms with Crippen LogP contribution >= 0.6 is 0 Å². The maximum absolute atomic E-state index is 12.0. The van der Waals surface area contributed by atoms with Crippen LogP contribution in [0.25, 0.3) is 0 Å². The highest BCUT2D eigenvalue weighted by Crippen LogP contribution is 2.20. The van der Waals surface area contributed by atoms with Crippen molar-refractivity contribution in [2.45, 2.75) is 25.4 Å². The first-order valence-corrected chi connectivity index (χ1v) is 9.25. The van der Waals surface area contributed by atoms with Crippen LogP contribution in [-0.4, -0.2) is 56.5 Å². The van der Waals surface area contributed by atoms with Crippen LogP contribution in [0.1, 0.15) is 19.3 Å². The van der Waals surface area contributed by atoms with E-state index >= 15 is 0 Å². The molecular weight excluding hydrogens is 347 g/mol. The van der Waals surface area contributed by atoms with E-state index in [9.17, 15) is 21.6 Å². The molecular formula is C13H20F3N5O2S. The second kappa shape index (κ2) is 7.97. The molecule has 1 aliphatic heterocycles. The molecule has 2 rings (SSSR count). The molecule has 7 nitrogen and oxygen atoms in total. The van der Waals surface area contributed by atoms with Crippen LogP contribution in [0.15, 0.2) is 12.4 Å². The number of anilines is 2. The summed E-state index contributed by atoms with van der Waals surface area (Å²) in [6, 6.07) is 1.77. The van der Waals surface area contributed by atoms with Gasteiger partial charge in [0.15, 0.2) is 0 Å². The largest absolute Gasteiger partial charge is 0.390 e. The Hall–Kier alpha value is -1.62. The van der Waals surface area contributed by atoms with Crippen LogP contribution < -0.4 is 14.9 Å². The fourth-order valence-electron chi connectivity index (χ4n) is 2.28. The number of sulfonamides is 1. The van der Waals surface area contributed by atoms with Gasteiger partial charge in [0.2, 0.25) is 10.0 Å². The summed E-state index contributed by atoms with van der Waals surface area (Å²) >= 11 is 0. The Bertz CT molecular complexity index is 633. The Kier molecular flexibility index (Phi) is 6.21. The molecule has 1 aromatic rings. The Morgan fingerprint density at radius 3 is 2.54 bits per heavy atom. The number of nitrogens with one attached hydrogen (secondary N) is 2. The van der Waals surface area contributed by atoms with Crippen molar-refractivity contribution in [1.29, 1.82) is 0 Å². The summed E-state index contributed by atoms with van der Waals surface area (Å²) in [5.74, 6) is 0.375. The molecule has 1 aromatic heterocycles. The number of nitrogens with zero attached hydrogens (tertiary/aromatic N) is 3. The van der Waals surface area contributed by atoms with Gasteiger partial charge in [0.05, 0.1) is 12.2 Å². The number of alkyl halides is 3. The summed E-state index contributed by atoms with van der Waals surface area (Å²) in [7, 11) is -3.94. The second-order valence-electron chi connectivity index (χ2n) is 5.46. The standard InChI is InChI=1S/C13H20F3N5O2S/c14-13(15,16)3-8-24(22,23)20-5-4-17-11-9-12(19-10-18-11)21-6-1-2-7-21/h9-10,20H,1-8H2,(H,17,18,19). The zero-order valence-electron chi connectivity index (χ0n) is 13.0. The monoisotopic (exact) mass is 367 g/mol. The topological polar surface area (TPSA) is 87.2 Å². The van der Waals surface area contributed by atoms with Crippen molar-refractivity contribution < 1.29 is 21.6 Å². The predicted molar refractivity (Wildman–Crippen MR) is 84.4 cm³/mol. The highest BCUT2D eigenvalue weighted by Gasteiger charge is 2.29. The normalized spacial score (nSPS) is 15.7. The van der Waals surface area contributed by atoms with Gasteiger partial charge in [0, 0.05) is 32.2 Å². The first-order valence-electron chi connectivity index (χ1n) is 7.60. The molecule has 11 heteroatoms. The predicted octanol–water partition coefficient (Wildman–Crippen LogP) is 1.36. The van der Waals surface area contributed by atoms with E-state index in [1.165, 1.54) is 6.33 Å². The van der Waals surface area contributed by atoms with Gasteiger partial charge in [-0.05, 0) is 12.8 Å². The molecule has 0 saturated carbocycles. The van der Waals surface area contributed by atoms with E-state index in [1.54, 1.807) is 6.07 Å². The van der Waals surface area contributed by atoms with Gasteiger partial charge in [-0.2, -0.15) is 13.2 Å². The van der Waals surface area contributed by atoms with Gasteiger partial charge >= 0.3 is 6.18 Å². The summed E-state index contributed by atoms with van der Waals surface area (Å²) < 4.78 is 61.1. The molecule has 2 heterocycles. The van der Waals surface area contributed by atoms with E-state index in [1.807, 2.05) is 0 Å². The first-order chi connectivity index (χ1) is 11.3. The lowest BCUT2D eigenvalue weighted by Crippen LogP contribution is -2.32. The Morgan fingerprint density at radius 2 is 1.88 bits per heavy atom. The number of rotatable bonds is 8. The average Bonchev–Trinajstić information content (AvgIpc) is 3.04. The molecule has 1 aliphatic rings. The molecule has 0 amide bonds. The summed E-state index contributed by atoms with van der Waals surface area (Å²) in [5.41, 5.74) is 0. The second-order valence-corrected chi connectivity index (χ2v) is 7.39. The van der Waals surface area contributed by atoms with E-state index in [0.717, 1.165) is 31.7 Å². The summed E-state index contributed by atoms with van der Waals surface area (Å²) in [6.07, 6.45) is -2.19. The van der Waals surface area contributed by atoms with Crippen molar-refractivity contribution >= 4 is 21.7 Å². The Balaban J connectivity index is 1.75. The quantitative estimate of drug-likeness (QED) is 0.675. The number of halogens is 3. The van der Waals surface area contributed by atoms with Gasteiger partial charge in [-0.15, -0.1) is 0 Å². The molecule has 1 fully saturated rings. The third kappa shape index (κ3) is 6.48. The van der Waals surface area contributed by atoms with E-state index in [0.29, 0.717) is 5.82 Å². The molecule has 0 spiro atoms. The lowest BCUT2D eigenvalue weighted by Gasteiger charge is -2.16. The van der Waals surface area contributed by atoms with Crippen LogP contribution in [0.5, 0.6) is 0 Å². The maximum atomic E-state index is 12.0. The number of hydrogen-bond acceptors (Lipinski definition) is 6. The maximum Gasteiger partial charge on any atom is 0.390 e. The van der Waals surface area contributed by atoms with Gasteiger partial charge < -0.3 is 10.2 Å². The van der Waals surface area contributed by atoms with Crippen LogP contribution in [-0.2, 0) is 10.0 Å². The van der Waals surface area contributed by atoms with E-state index in [-0.39, 0.29) is 13.1 Å². The van der Waals surface area contributed by atoms with Crippen molar-refractivity contribution in [3.63, 3.8) is 0 Å². The number of aromatic nitrogens is 2. The van der Waals surface area contributed by atoms with Gasteiger partial charge in [-0.3, -0.25) is 0 Å². The molecule has 0 bridgehead atoms. The van der Waals surface area contributed by atoms with Crippen LogP contribution in [0.2, 0.25) is 0 Å². The van der Waals surface area contributed by atoms with Gasteiger partial charge in [0.1, 0.15) is 18.0 Å². The summed E-state index contributed by atoms with van der Waals surface area (Å²) in [6.45, 7) is 2.07. The van der Waals surface area contributed by atoms with E-state index in [2.05, 4.69) is 24.9 Å². The third-order valence-electron chi connectivity index (χ3n) is 3.49. The SMILES string of the molecule is O=S(=O)(CCC(F)(F)F)NCCNc1cc(N2CCCC2)ncn1. The Morgan fingerprint density at radius 1 is 1.17 bits per heavy atom. The molecule has 0 radical (unpaired) electrons. The van der Waals surface area contributed by atoms with Crippen molar-refractivity contribution in [1.82, 2.24) is 14.7 Å². The molecule has 0 aromatic carbocycles. The van der Waals surface area contributed by atoms with Crippen LogP contribution in [0.4, 0.5) is 24.8 Å². The zero-order chi connectivity index (χ0) is 17.6. The van der Waals surface area contributed by atoms with E-state index < -0.39 is 28.4 Å². The van der Waals surface area contributed by atoms with Gasteiger partial charge in [-0.1, -0.05) is 0 Å². The summed E-state index contributed by atoms with van der Waals surface area (Å²) in [5, 5.41) is 2.93. The average molecular weight is 367 g/mol. The van der Waals surface area contributed by atoms with Crippen molar-refractivity contribution in [2.75, 3.05) is 42.1 Å². The third-order valence-corrected chi connectivity index (χ3v) is 4.88. The molecule has 136 valence electrons. The van der Waals surface area contributed by atoms with Crippen molar-refractivity contribution in [2.24, 2.45) is 0 Å². The molecule has 0 unspecified atom stereocenters. The van der Waals surface area contributed by atoms with Gasteiger partial charge in [0.25, 0.3) is 0 Å². The lowest BCUT2D eigenvalue weighted by molar-refractivity contribution is -0.129. The highest BCUT2D eigenvalue weighted by molar-refractivity contribution is 7.89. The number of hydrogen-bond donors (Lipinski definition) is 2. The Labute approximate surface area is 138 Å². The van der Waals surface area contributed by atoms with Crippen LogP contribution in [0, 0.1) is 0 Å². The minimum atomic E-state index is -4.49. The van der Waals surface area contributed by atoms with Gasteiger partial charge in [-0.25, -0.2) is 23.1 Å². The molecule has 0 atom stereocenters. The fraction of sp³-hybridized carbons (Fsp3) is 0.692. The molecule has 2 N–H and O–H groups in total. The molecule has 24 heavy (non-hydrogen) atoms. The van der Waals surface area contributed by atoms with Crippen LogP contribution in [0.3, 0.4) is 0 Å². The minimum absolute atomic E-state index is 0.0246. The van der Waals surface area contributed by atoms with E-state index in [4.69, 9.17) is 0 Å². The van der Waals surface area contributed by atoms with Crippen molar-refractivity contribution in [3.05, 3.63) is 12.4 Å². The highest BCUT2D eigenvalue weighted by atomic mass is 32.2. The smallest absolute Gasteiger partial charge is 0.369 e. The summed E-state index contributed by atoms with van der Waals surface area (Å²) in [4.78, 5) is 10.4. The minimum Gasteiger partial charge on any atom is -0.369 e. The molecule has 0 aliphatic carbocycles. The zero-order valence-corrected chi connectivity index (χ0v) is 13.8. The first kappa shape index (κ1) is 18.7. The lowest BCUT2D eigenvalue weighted by atomic mass is 10.4. The van der Waals surface area contributed by atoms with Crippen molar-refractivity contribution in [3.8, 4) is 0 Å². The fourth-order valence-corrected chi connectivity index (χ4v) is 3.34.